The van der Waals surface area contributed by atoms with Crippen molar-refractivity contribution in [1.82, 2.24) is 4.90 Å². The Morgan fingerprint density at radius 2 is 2.05 bits per heavy atom. The summed E-state index contributed by atoms with van der Waals surface area (Å²) >= 11 is 0. The quantitative estimate of drug-likeness (QED) is 0.885. The van der Waals surface area contributed by atoms with Crippen molar-refractivity contribution in [2.45, 2.75) is 18.9 Å². The normalized spacial score (nSPS) is 18.4. The first kappa shape index (κ1) is 13.4. The van der Waals surface area contributed by atoms with Crippen LogP contribution in [-0.4, -0.2) is 48.1 Å². The lowest BCUT2D eigenvalue weighted by molar-refractivity contribution is -0.147. The van der Waals surface area contributed by atoms with E-state index in [1.54, 1.807) is 0 Å². The zero-order valence-electron chi connectivity index (χ0n) is 11.0. The van der Waals surface area contributed by atoms with Gasteiger partial charge in [0.05, 0.1) is 6.54 Å². The Morgan fingerprint density at radius 3 is 2.68 bits per heavy atom. The molecule has 19 heavy (non-hydrogen) atoms. The molecule has 1 aromatic carbocycles. The second-order valence-electron chi connectivity index (χ2n) is 4.78. The first-order valence-corrected chi connectivity index (χ1v) is 6.38. The molecule has 102 valence electrons. The van der Waals surface area contributed by atoms with Crippen molar-refractivity contribution < 1.29 is 14.7 Å². The molecule has 5 nitrogen and oxygen atoms in total. The number of carbonyl (C=O) groups is 2. The summed E-state index contributed by atoms with van der Waals surface area (Å²) in [6, 6.07) is 8.92. The molecule has 2 rings (SSSR count). The number of rotatable bonds is 4. The SMILES string of the molecule is CN(CC(=O)N1CCCC1C(=O)O)c1ccccc1. The molecule has 1 amide bonds. The zero-order chi connectivity index (χ0) is 13.8. The number of carboxylic acid groups (broad SMARTS) is 1. The van der Waals surface area contributed by atoms with Crippen LogP contribution in [0.1, 0.15) is 12.8 Å². The third-order valence-corrected chi connectivity index (χ3v) is 3.43. The number of likely N-dealkylation sites (tertiary alicyclic amines) is 1. The molecule has 1 saturated heterocycles. The van der Waals surface area contributed by atoms with Gasteiger partial charge in [-0.1, -0.05) is 18.2 Å². The molecule has 1 aromatic rings. The smallest absolute Gasteiger partial charge is 0.326 e. The molecule has 0 aromatic heterocycles. The number of anilines is 1. The number of amides is 1. The lowest BCUT2D eigenvalue weighted by Crippen LogP contribution is -2.44. The first-order valence-electron chi connectivity index (χ1n) is 6.38. The summed E-state index contributed by atoms with van der Waals surface area (Å²) in [4.78, 5) is 26.5. The van der Waals surface area contributed by atoms with E-state index in [9.17, 15) is 9.59 Å². The maximum Gasteiger partial charge on any atom is 0.326 e. The average molecular weight is 262 g/mol. The number of carbonyl (C=O) groups excluding carboxylic acids is 1. The Balaban J connectivity index is 1.99. The van der Waals surface area contributed by atoms with Crippen LogP contribution in [0.3, 0.4) is 0 Å². The molecule has 1 atom stereocenters. The molecular weight excluding hydrogens is 244 g/mol. The highest BCUT2D eigenvalue weighted by Crippen LogP contribution is 2.18. The number of nitrogens with zero attached hydrogens (tertiary/aromatic N) is 2. The van der Waals surface area contributed by atoms with Gasteiger partial charge in [0, 0.05) is 19.3 Å². The van der Waals surface area contributed by atoms with Crippen molar-refractivity contribution in [1.29, 1.82) is 0 Å². The van der Waals surface area contributed by atoms with Crippen LogP contribution in [0.15, 0.2) is 30.3 Å². The van der Waals surface area contributed by atoms with Gasteiger partial charge < -0.3 is 14.9 Å². The van der Waals surface area contributed by atoms with Crippen molar-refractivity contribution >= 4 is 17.6 Å². The molecule has 0 spiro atoms. The Morgan fingerprint density at radius 1 is 1.37 bits per heavy atom. The van der Waals surface area contributed by atoms with Crippen LogP contribution < -0.4 is 4.90 Å². The summed E-state index contributed by atoms with van der Waals surface area (Å²) in [5, 5.41) is 9.08. The van der Waals surface area contributed by atoms with Crippen LogP contribution in [0.2, 0.25) is 0 Å². The van der Waals surface area contributed by atoms with Gasteiger partial charge in [-0.05, 0) is 25.0 Å². The molecule has 1 unspecified atom stereocenters. The summed E-state index contributed by atoms with van der Waals surface area (Å²) < 4.78 is 0. The van der Waals surface area contributed by atoms with E-state index in [4.69, 9.17) is 5.11 Å². The van der Waals surface area contributed by atoms with E-state index < -0.39 is 12.0 Å². The minimum atomic E-state index is -0.909. The molecule has 1 fully saturated rings. The van der Waals surface area contributed by atoms with Gasteiger partial charge in [0.2, 0.25) is 5.91 Å². The van der Waals surface area contributed by atoms with E-state index in [2.05, 4.69) is 0 Å². The van der Waals surface area contributed by atoms with E-state index in [1.165, 1.54) is 4.90 Å². The van der Waals surface area contributed by atoms with Crippen LogP contribution in [0, 0.1) is 0 Å². The molecule has 0 saturated carbocycles. The van der Waals surface area contributed by atoms with E-state index >= 15 is 0 Å². The third kappa shape index (κ3) is 3.05. The molecule has 1 aliphatic rings. The summed E-state index contributed by atoms with van der Waals surface area (Å²) in [6.45, 7) is 0.742. The Kier molecular flexibility index (Phi) is 4.04. The Labute approximate surface area is 112 Å². The minimum Gasteiger partial charge on any atom is -0.480 e. The van der Waals surface area contributed by atoms with Gasteiger partial charge in [-0.2, -0.15) is 0 Å². The fourth-order valence-electron chi connectivity index (χ4n) is 2.39. The monoisotopic (exact) mass is 262 g/mol. The maximum absolute atomic E-state index is 12.2. The Hall–Kier alpha value is -2.04. The van der Waals surface area contributed by atoms with Gasteiger partial charge in [0.1, 0.15) is 6.04 Å². The molecule has 1 aliphatic heterocycles. The number of carboxylic acids is 1. The molecule has 5 heteroatoms. The van der Waals surface area contributed by atoms with Crippen molar-refractivity contribution in [2.24, 2.45) is 0 Å². The summed E-state index contributed by atoms with van der Waals surface area (Å²) in [7, 11) is 1.83. The standard InChI is InChI=1S/C14H18N2O3/c1-15(11-6-3-2-4-7-11)10-13(17)16-9-5-8-12(16)14(18)19/h2-4,6-7,12H,5,8-10H2,1H3,(H,18,19). The maximum atomic E-state index is 12.2. The lowest BCUT2D eigenvalue weighted by Gasteiger charge is -2.25. The topological polar surface area (TPSA) is 60.9 Å². The summed E-state index contributed by atoms with van der Waals surface area (Å²) in [5.74, 6) is -1.04. The van der Waals surface area contributed by atoms with Crippen LogP contribution >= 0.6 is 0 Å². The van der Waals surface area contributed by atoms with Crippen molar-refractivity contribution in [2.75, 3.05) is 25.0 Å². The van der Waals surface area contributed by atoms with Gasteiger partial charge in [-0.25, -0.2) is 4.79 Å². The summed E-state index contributed by atoms with van der Waals surface area (Å²) in [6.07, 6.45) is 1.31. The number of hydrogen-bond donors (Lipinski definition) is 1. The van der Waals surface area contributed by atoms with Gasteiger partial charge >= 0.3 is 5.97 Å². The van der Waals surface area contributed by atoms with Crippen LogP contribution in [-0.2, 0) is 9.59 Å². The number of aliphatic carboxylic acids is 1. The minimum absolute atomic E-state index is 0.128. The van der Waals surface area contributed by atoms with E-state index in [1.807, 2.05) is 42.3 Å². The molecule has 1 N–H and O–H groups in total. The number of hydrogen-bond acceptors (Lipinski definition) is 3. The van der Waals surface area contributed by atoms with Crippen molar-refractivity contribution in [3.8, 4) is 0 Å². The predicted octanol–water partition coefficient (Wildman–Crippen LogP) is 1.20. The fourth-order valence-corrected chi connectivity index (χ4v) is 2.39. The molecule has 0 bridgehead atoms. The largest absolute Gasteiger partial charge is 0.480 e. The van der Waals surface area contributed by atoms with E-state index in [-0.39, 0.29) is 12.5 Å². The first-order chi connectivity index (χ1) is 9.09. The second-order valence-corrected chi connectivity index (χ2v) is 4.78. The number of para-hydroxylation sites is 1. The summed E-state index contributed by atoms with van der Waals surface area (Å²) in [5.41, 5.74) is 0.946. The average Bonchev–Trinajstić information content (AvgIpc) is 2.89. The van der Waals surface area contributed by atoms with E-state index in [0.29, 0.717) is 13.0 Å². The predicted molar refractivity (Wildman–Crippen MR) is 72.1 cm³/mol. The highest BCUT2D eigenvalue weighted by molar-refractivity contribution is 5.87. The molecule has 0 aliphatic carbocycles. The fraction of sp³-hybridized carbons (Fsp3) is 0.429. The van der Waals surface area contributed by atoms with Crippen LogP contribution in [0.5, 0.6) is 0 Å². The molecule has 1 heterocycles. The third-order valence-electron chi connectivity index (χ3n) is 3.43. The molecular formula is C14H18N2O3. The van der Waals surface area contributed by atoms with Crippen LogP contribution in [0.25, 0.3) is 0 Å². The highest BCUT2D eigenvalue weighted by Gasteiger charge is 2.33. The van der Waals surface area contributed by atoms with Crippen LogP contribution in [0.4, 0.5) is 5.69 Å². The number of likely N-dealkylation sites (N-methyl/N-ethyl adjacent to an activating group) is 1. The van der Waals surface area contributed by atoms with Gasteiger partial charge in [0.25, 0.3) is 0 Å². The second kappa shape index (κ2) is 5.73. The van der Waals surface area contributed by atoms with Crippen molar-refractivity contribution in [3.05, 3.63) is 30.3 Å². The van der Waals surface area contributed by atoms with E-state index in [0.717, 1.165) is 12.1 Å². The number of benzene rings is 1. The zero-order valence-corrected chi connectivity index (χ0v) is 11.0. The van der Waals surface area contributed by atoms with Gasteiger partial charge in [-0.3, -0.25) is 4.79 Å². The Bertz CT molecular complexity index is 461. The van der Waals surface area contributed by atoms with Gasteiger partial charge in [0.15, 0.2) is 0 Å². The lowest BCUT2D eigenvalue weighted by atomic mass is 10.2. The van der Waals surface area contributed by atoms with Gasteiger partial charge in [-0.15, -0.1) is 0 Å². The molecule has 0 radical (unpaired) electrons. The highest BCUT2D eigenvalue weighted by atomic mass is 16.4. The van der Waals surface area contributed by atoms with Crippen molar-refractivity contribution in [3.63, 3.8) is 0 Å².